The number of imidazole rings is 1. The van der Waals surface area contributed by atoms with Gasteiger partial charge in [0.1, 0.15) is 10.8 Å². The number of thiocarbonyl (C=S) groups is 1. The Kier molecular flexibility index (Phi) is 4.80. The molecule has 0 saturated heterocycles. The first-order valence-corrected chi connectivity index (χ1v) is 9.07. The first kappa shape index (κ1) is 17.2. The molecule has 0 spiro atoms. The van der Waals surface area contributed by atoms with E-state index in [0.717, 1.165) is 41.2 Å². The Morgan fingerprint density at radius 3 is 2.70 bits per heavy atom. The van der Waals surface area contributed by atoms with Gasteiger partial charge in [-0.05, 0) is 29.3 Å². The second-order valence-corrected chi connectivity index (χ2v) is 6.78. The zero-order valence-electron chi connectivity index (χ0n) is 14.7. The highest BCUT2D eigenvalue weighted by Crippen LogP contribution is 2.14. The van der Waals surface area contributed by atoms with E-state index in [2.05, 4.69) is 20.7 Å². The highest BCUT2D eigenvalue weighted by atomic mass is 32.1. The van der Waals surface area contributed by atoms with Gasteiger partial charge in [-0.15, -0.1) is 0 Å². The van der Waals surface area contributed by atoms with Crippen molar-refractivity contribution in [2.24, 2.45) is 5.73 Å². The largest absolute Gasteiger partial charge is 0.389 e. The van der Waals surface area contributed by atoms with Gasteiger partial charge in [0.05, 0.1) is 11.9 Å². The Balaban J connectivity index is 1.52. The van der Waals surface area contributed by atoms with Crippen molar-refractivity contribution in [3.8, 4) is 5.69 Å². The standard InChI is InChI=1S/C21H19N5S/c22-21(27)18-6-4-5-16(11-18)14-25-10-9-23-20(25)12-17-13-24-26(15-17)19-7-2-1-3-8-19/h1-11,13,15H,12,14H2,(H2,22,27). The van der Waals surface area contributed by atoms with Crippen LogP contribution in [-0.2, 0) is 13.0 Å². The lowest BCUT2D eigenvalue weighted by Gasteiger charge is -2.09. The Labute approximate surface area is 163 Å². The number of para-hydroxylation sites is 1. The van der Waals surface area contributed by atoms with Crippen LogP contribution >= 0.6 is 12.2 Å². The molecule has 0 radical (unpaired) electrons. The van der Waals surface area contributed by atoms with Crippen LogP contribution in [0.1, 0.15) is 22.5 Å². The van der Waals surface area contributed by atoms with E-state index in [-0.39, 0.29) is 0 Å². The summed E-state index contributed by atoms with van der Waals surface area (Å²) in [6, 6.07) is 18.1. The Morgan fingerprint density at radius 1 is 1.04 bits per heavy atom. The number of hydrogen-bond donors (Lipinski definition) is 1. The van der Waals surface area contributed by atoms with E-state index < -0.39 is 0 Å². The second kappa shape index (κ2) is 7.55. The summed E-state index contributed by atoms with van der Waals surface area (Å²) in [5, 5.41) is 4.46. The van der Waals surface area contributed by atoms with Gasteiger partial charge in [-0.3, -0.25) is 0 Å². The molecule has 2 aromatic heterocycles. The molecule has 0 aliphatic heterocycles. The molecule has 27 heavy (non-hydrogen) atoms. The first-order valence-electron chi connectivity index (χ1n) is 8.67. The third-order valence-corrected chi connectivity index (χ3v) is 4.62. The number of hydrogen-bond acceptors (Lipinski definition) is 3. The van der Waals surface area contributed by atoms with Crippen LogP contribution < -0.4 is 5.73 Å². The Morgan fingerprint density at radius 2 is 1.89 bits per heavy atom. The van der Waals surface area contributed by atoms with Gasteiger partial charge >= 0.3 is 0 Å². The number of rotatable bonds is 6. The molecule has 4 rings (SSSR count). The lowest BCUT2D eigenvalue weighted by Crippen LogP contribution is -2.10. The number of aromatic nitrogens is 4. The van der Waals surface area contributed by atoms with Crippen molar-refractivity contribution >= 4 is 17.2 Å². The van der Waals surface area contributed by atoms with Crippen LogP contribution in [0, 0.1) is 0 Å². The average molecular weight is 373 g/mol. The molecule has 0 amide bonds. The van der Waals surface area contributed by atoms with Gasteiger partial charge in [-0.25, -0.2) is 9.67 Å². The fourth-order valence-electron chi connectivity index (χ4n) is 3.03. The molecule has 2 N–H and O–H groups in total. The van der Waals surface area contributed by atoms with E-state index in [1.165, 1.54) is 0 Å². The summed E-state index contributed by atoms with van der Waals surface area (Å²) >= 11 is 5.07. The normalized spacial score (nSPS) is 10.8. The van der Waals surface area contributed by atoms with Crippen LogP contribution in [0.2, 0.25) is 0 Å². The van der Waals surface area contributed by atoms with E-state index in [0.29, 0.717) is 4.99 Å². The SMILES string of the molecule is NC(=S)c1cccc(Cn2ccnc2Cc2cnn(-c3ccccc3)c2)c1. The van der Waals surface area contributed by atoms with Gasteiger partial charge in [0.25, 0.3) is 0 Å². The minimum absolute atomic E-state index is 0.413. The molecule has 0 aliphatic carbocycles. The average Bonchev–Trinajstić information content (AvgIpc) is 3.33. The van der Waals surface area contributed by atoms with Crippen molar-refractivity contribution in [2.45, 2.75) is 13.0 Å². The molecule has 4 aromatic rings. The second-order valence-electron chi connectivity index (χ2n) is 6.34. The molecule has 5 nitrogen and oxygen atoms in total. The molecule has 0 fully saturated rings. The van der Waals surface area contributed by atoms with E-state index >= 15 is 0 Å². The molecule has 0 bridgehead atoms. The monoisotopic (exact) mass is 373 g/mol. The summed E-state index contributed by atoms with van der Waals surface area (Å²) in [7, 11) is 0. The lowest BCUT2D eigenvalue weighted by molar-refractivity contribution is 0.740. The Bertz CT molecular complexity index is 1060. The molecular formula is C21H19N5S. The van der Waals surface area contributed by atoms with Crippen LogP contribution in [0.5, 0.6) is 0 Å². The predicted octanol–water partition coefficient (Wildman–Crippen LogP) is 3.34. The fourth-order valence-corrected chi connectivity index (χ4v) is 3.15. The summed E-state index contributed by atoms with van der Waals surface area (Å²) in [6.45, 7) is 0.721. The van der Waals surface area contributed by atoms with Crippen molar-refractivity contribution < 1.29 is 0 Å². The van der Waals surface area contributed by atoms with Crippen LogP contribution in [-0.4, -0.2) is 24.3 Å². The third kappa shape index (κ3) is 3.96. The topological polar surface area (TPSA) is 61.7 Å². The molecule has 134 valence electrons. The molecule has 2 heterocycles. The minimum atomic E-state index is 0.413. The van der Waals surface area contributed by atoms with Crippen LogP contribution in [0.4, 0.5) is 0 Å². The van der Waals surface area contributed by atoms with Crippen molar-refractivity contribution in [2.75, 3.05) is 0 Å². The van der Waals surface area contributed by atoms with Crippen molar-refractivity contribution in [3.05, 3.63) is 102 Å². The summed E-state index contributed by atoms with van der Waals surface area (Å²) < 4.78 is 4.02. The van der Waals surface area contributed by atoms with E-state index in [4.69, 9.17) is 18.0 Å². The maximum absolute atomic E-state index is 5.74. The highest BCUT2D eigenvalue weighted by Gasteiger charge is 2.08. The predicted molar refractivity (Wildman–Crippen MR) is 110 cm³/mol. The number of nitrogens with two attached hydrogens (primary N) is 1. The van der Waals surface area contributed by atoms with Crippen LogP contribution in [0.15, 0.2) is 79.4 Å². The van der Waals surface area contributed by atoms with E-state index in [9.17, 15) is 0 Å². The van der Waals surface area contributed by atoms with Gasteiger partial charge in [0.15, 0.2) is 0 Å². The molecular weight excluding hydrogens is 354 g/mol. The molecule has 0 unspecified atom stereocenters. The van der Waals surface area contributed by atoms with Crippen molar-refractivity contribution in [1.82, 2.24) is 19.3 Å². The van der Waals surface area contributed by atoms with Gasteiger partial charge in [0.2, 0.25) is 0 Å². The molecule has 0 saturated carbocycles. The van der Waals surface area contributed by atoms with Crippen LogP contribution in [0.25, 0.3) is 5.69 Å². The zero-order valence-corrected chi connectivity index (χ0v) is 15.5. The zero-order chi connectivity index (χ0) is 18.6. The lowest BCUT2D eigenvalue weighted by atomic mass is 10.1. The summed E-state index contributed by atoms with van der Waals surface area (Å²) in [6.07, 6.45) is 8.47. The Hall–Kier alpha value is -3.25. The molecule has 2 aromatic carbocycles. The van der Waals surface area contributed by atoms with Crippen LogP contribution in [0.3, 0.4) is 0 Å². The van der Waals surface area contributed by atoms with Crippen molar-refractivity contribution in [1.29, 1.82) is 0 Å². The van der Waals surface area contributed by atoms with E-state index in [1.807, 2.05) is 78.0 Å². The molecule has 0 atom stereocenters. The van der Waals surface area contributed by atoms with Crippen molar-refractivity contribution in [3.63, 3.8) is 0 Å². The fraction of sp³-hybridized carbons (Fsp3) is 0.0952. The van der Waals surface area contributed by atoms with Gasteiger partial charge in [0, 0.05) is 37.1 Å². The van der Waals surface area contributed by atoms with Gasteiger partial charge in [-0.2, -0.15) is 5.10 Å². The summed E-state index contributed by atoms with van der Waals surface area (Å²) in [5.41, 5.74) is 9.92. The minimum Gasteiger partial charge on any atom is -0.389 e. The maximum atomic E-state index is 5.74. The summed E-state index contributed by atoms with van der Waals surface area (Å²) in [4.78, 5) is 4.94. The van der Waals surface area contributed by atoms with Gasteiger partial charge < -0.3 is 10.3 Å². The number of nitrogens with zero attached hydrogens (tertiary/aromatic N) is 4. The number of benzene rings is 2. The quantitative estimate of drug-likeness (QED) is 0.527. The highest BCUT2D eigenvalue weighted by molar-refractivity contribution is 7.80. The first-order chi connectivity index (χ1) is 13.2. The maximum Gasteiger partial charge on any atom is 0.113 e. The molecule has 0 aliphatic rings. The molecule has 6 heteroatoms. The van der Waals surface area contributed by atoms with Gasteiger partial charge in [-0.1, -0.05) is 48.6 Å². The summed E-state index contributed by atoms with van der Waals surface area (Å²) in [5.74, 6) is 0.989. The smallest absolute Gasteiger partial charge is 0.113 e. The third-order valence-electron chi connectivity index (χ3n) is 4.39. The van der Waals surface area contributed by atoms with E-state index in [1.54, 1.807) is 0 Å².